The van der Waals surface area contributed by atoms with E-state index in [0.29, 0.717) is 11.5 Å². The van der Waals surface area contributed by atoms with Gasteiger partial charge in [-0.3, -0.25) is 13.7 Å². The molecule has 4 aliphatic heterocycles. The molecule has 4 radical (unpaired) electrons. The number of nitrogens with two attached hydrogens (primary N) is 1. The van der Waals surface area contributed by atoms with Crippen molar-refractivity contribution < 1.29 is 45.8 Å². The number of nitrogens with zero attached hydrogens (tertiary/aromatic N) is 7. The number of imidazole rings is 1. The molecule has 0 aromatic carbocycles. The fourth-order valence-electron chi connectivity index (χ4n) is 6.60. The molecule has 0 saturated carbocycles. The minimum atomic E-state index is -4.51. The number of nitrogens with one attached hydrogen (secondary N) is 1. The molecular weight excluding hydrogens is 673 g/mol. The summed E-state index contributed by atoms with van der Waals surface area (Å²) in [5.41, 5.74) is 7.79. The van der Waals surface area contributed by atoms with Crippen LogP contribution >= 0.6 is 14.9 Å². The minimum Gasteiger partial charge on any atom is -0.382 e. The summed E-state index contributed by atoms with van der Waals surface area (Å²) in [7, 11) is 4.54. The van der Waals surface area contributed by atoms with Crippen LogP contribution in [-0.2, 0) is 47.9 Å². The molecule has 3 N–H and O–H groups in total. The number of ether oxygens (including phenoxy) is 3. The van der Waals surface area contributed by atoms with Crippen molar-refractivity contribution in [2.75, 3.05) is 37.9 Å². The Labute approximate surface area is 274 Å². The minimum absolute atomic E-state index is 0.0679. The molecule has 8 heterocycles. The van der Waals surface area contributed by atoms with Crippen molar-refractivity contribution in [1.29, 1.82) is 0 Å². The number of hydrogen-bond donors (Lipinski definition) is 2. The highest BCUT2D eigenvalue weighted by Crippen LogP contribution is 2.54. The summed E-state index contributed by atoms with van der Waals surface area (Å²) in [6, 6.07) is 0. The normalized spacial score (nSPS) is 37.3. The van der Waals surface area contributed by atoms with Gasteiger partial charge in [-0.2, -0.15) is 0 Å². The van der Waals surface area contributed by atoms with Crippen LogP contribution in [0.1, 0.15) is 24.4 Å². The maximum absolute atomic E-state index is 16.1. The number of nitrogen functional groups attached to an aromatic ring is 1. The third-order valence-corrected chi connectivity index (χ3v) is 10.8. The summed E-state index contributed by atoms with van der Waals surface area (Å²) in [4.78, 5) is 21.0. The molecule has 23 heteroatoms. The number of methoxy groups -OCH3 is 1. The van der Waals surface area contributed by atoms with Gasteiger partial charge in [-0.15, -0.1) is 0 Å². The number of hydrogen-bond acceptors (Lipinski definition) is 16. The van der Waals surface area contributed by atoms with E-state index in [4.69, 9.17) is 53.2 Å². The van der Waals surface area contributed by atoms with Gasteiger partial charge in [0.15, 0.2) is 30.1 Å². The predicted octanol–water partition coefficient (Wildman–Crippen LogP) is 1.73. The van der Waals surface area contributed by atoms with Crippen LogP contribution in [-0.4, -0.2) is 113 Å². The maximum Gasteiger partial charge on any atom is 0.264 e. The molecule has 4 aromatic heterocycles. The second kappa shape index (κ2) is 12.1. The van der Waals surface area contributed by atoms with Crippen LogP contribution < -0.4 is 11.1 Å². The number of alkyl halides is 1. The Hall–Kier alpha value is -2.99. The van der Waals surface area contributed by atoms with Crippen LogP contribution in [0.4, 0.5) is 16.0 Å². The van der Waals surface area contributed by atoms with Crippen LogP contribution in [0.2, 0.25) is 0 Å². The lowest BCUT2D eigenvalue weighted by Gasteiger charge is -2.30. The van der Waals surface area contributed by atoms with E-state index in [1.165, 1.54) is 30.7 Å². The lowest BCUT2D eigenvalue weighted by Crippen LogP contribution is -2.39. The van der Waals surface area contributed by atoms with Gasteiger partial charge in [-0.25, -0.2) is 29.3 Å². The molecule has 8 rings (SSSR count). The average molecular weight is 701 g/mol. The van der Waals surface area contributed by atoms with E-state index >= 15 is 4.39 Å². The summed E-state index contributed by atoms with van der Waals surface area (Å²) in [5, 5.41) is 4.14. The van der Waals surface area contributed by atoms with E-state index in [9.17, 15) is 9.13 Å². The van der Waals surface area contributed by atoms with Gasteiger partial charge < -0.3 is 47.9 Å². The summed E-state index contributed by atoms with van der Waals surface area (Å²) < 4.78 is 86.8. The van der Waals surface area contributed by atoms with E-state index in [2.05, 4.69) is 30.2 Å². The van der Waals surface area contributed by atoms with Crippen molar-refractivity contribution in [2.45, 2.75) is 62.0 Å². The third kappa shape index (κ3) is 5.54. The van der Waals surface area contributed by atoms with Gasteiger partial charge in [0.2, 0.25) is 15.1 Å². The van der Waals surface area contributed by atoms with Gasteiger partial charge in [0.05, 0.1) is 24.9 Å². The number of aryl methyl sites for hydroxylation is 1. The molecule has 3 saturated heterocycles. The van der Waals surface area contributed by atoms with E-state index in [1.807, 2.05) is 6.20 Å². The number of aromatic nitrogens is 7. The zero-order valence-electron chi connectivity index (χ0n) is 25.3. The van der Waals surface area contributed by atoms with Gasteiger partial charge >= 0.3 is 0 Å². The molecule has 10 unspecified atom stereocenters. The highest BCUT2D eigenvalue weighted by molar-refractivity contribution is 7.79. The maximum atomic E-state index is 16.1. The topological polar surface area (TPSA) is 211 Å². The van der Waals surface area contributed by atoms with Crippen molar-refractivity contribution in [3.8, 4) is 0 Å². The number of halogens is 1. The Morgan fingerprint density at radius 1 is 0.958 bits per heavy atom. The highest BCUT2D eigenvalue weighted by atomic mass is 31.2. The van der Waals surface area contributed by atoms with Gasteiger partial charge in [-0.05, 0) is 18.4 Å². The van der Waals surface area contributed by atoms with Crippen molar-refractivity contribution in [2.24, 2.45) is 0 Å². The van der Waals surface area contributed by atoms with Crippen molar-refractivity contribution in [3.63, 3.8) is 0 Å². The van der Waals surface area contributed by atoms with Crippen LogP contribution in [0, 0.1) is 0 Å². The van der Waals surface area contributed by atoms with E-state index < -0.39 is 77.3 Å². The molecule has 0 spiro atoms. The van der Waals surface area contributed by atoms with Gasteiger partial charge in [-0.1, -0.05) is 0 Å². The number of rotatable bonds is 3. The Bertz CT molecular complexity index is 1970. The van der Waals surface area contributed by atoms with Crippen LogP contribution in [0.15, 0.2) is 25.2 Å². The Morgan fingerprint density at radius 3 is 2.42 bits per heavy atom. The first-order valence-electron chi connectivity index (χ1n) is 15.0. The quantitative estimate of drug-likeness (QED) is 0.230. The van der Waals surface area contributed by atoms with Crippen molar-refractivity contribution in [3.05, 3.63) is 30.7 Å². The monoisotopic (exact) mass is 701 g/mol. The van der Waals surface area contributed by atoms with E-state index in [0.717, 1.165) is 30.3 Å². The molecule has 250 valence electrons. The van der Waals surface area contributed by atoms with Crippen molar-refractivity contribution in [1.82, 2.24) is 34.1 Å². The second-order valence-corrected chi connectivity index (χ2v) is 14.8. The first-order chi connectivity index (χ1) is 23.0. The van der Waals surface area contributed by atoms with Crippen LogP contribution in [0.5, 0.6) is 0 Å². The lowest BCUT2D eigenvalue weighted by molar-refractivity contribution is -0.0587. The molecule has 3 fully saturated rings. The summed E-state index contributed by atoms with van der Waals surface area (Å²) in [6.45, 7) is -0.370. The molecule has 0 bridgehead atoms. The van der Waals surface area contributed by atoms with Gasteiger partial charge in [0.1, 0.15) is 60.2 Å². The molecular formula is C25H28B2FN9O9P2. The molecule has 4 aliphatic rings. The second-order valence-electron chi connectivity index (χ2n) is 11.7. The third-order valence-electron chi connectivity index (χ3n) is 8.74. The fraction of sp³-hybridized carbons (Fsp3) is 0.560. The summed E-state index contributed by atoms with van der Waals surface area (Å²) in [5.74, 6) is 0.753. The Kier molecular flexibility index (Phi) is 8.13. The van der Waals surface area contributed by atoms with E-state index in [-0.39, 0.29) is 17.0 Å². The highest BCUT2D eigenvalue weighted by Gasteiger charge is 2.53. The lowest BCUT2D eigenvalue weighted by atomic mass is 10.1. The van der Waals surface area contributed by atoms with Crippen LogP contribution in [0.3, 0.4) is 0 Å². The predicted molar refractivity (Wildman–Crippen MR) is 166 cm³/mol. The molecule has 4 aromatic rings. The molecule has 0 aliphatic carbocycles. The van der Waals surface area contributed by atoms with E-state index in [1.54, 1.807) is 4.57 Å². The summed E-state index contributed by atoms with van der Waals surface area (Å²) in [6.07, 6.45) is -3.19. The first kappa shape index (κ1) is 32.2. The van der Waals surface area contributed by atoms with Gasteiger partial charge in [0.25, 0.3) is 14.9 Å². The average Bonchev–Trinajstić information content (AvgIpc) is 3.77. The Balaban J connectivity index is 1.09. The smallest absolute Gasteiger partial charge is 0.264 e. The number of fused-ring (bicyclic) bond motifs is 3. The van der Waals surface area contributed by atoms with Gasteiger partial charge in [0, 0.05) is 19.9 Å². The SMILES string of the molecule is [B]P1(=O)OCC2OC(n3cc4c5c(ncnc53)NCCC4)C(OC)C2OP([B])(=O)OCC2OC(n3cnc4c(N)ncnc43)C(F)C2O1. The van der Waals surface area contributed by atoms with Crippen molar-refractivity contribution >= 4 is 63.9 Å². The number of anilines is 2. The molecule has 0 amide bonds. The largest absolute Gasteiger partial charge is 0.382 e. The first-order valence-corrected chi connectivity index (χ1v) is 18.2. The molecule has 18 nitrogen and oxygen atoms in total. The van der Waals surface area contributed by atoms with Crippen LogP contribution in [0.25, 0.3) is 22.2 Å². The molecule has 10 atom stereocenters. The summed E-state index contributed by atoms with van der Waals surface area (Å²) >= 11 is 0. The zero-order chi connectivity index (χ0) is 33.4. The Morgan fingerprint density at radius 2 is 1.65 bits per heavy atom. The molecule has 48 heavy (non-hydrogen) atoms. The fourth-order valence-corrected chi connectivity index (χ4v) is 8.62. The standard InChI is InChI=1S/C25H28B2FN9O9P2/c1-40-19-18-13(44-25(19)36-5-11-3-2-4-30-21-14(11)22(36)33-9-32-21)7-42-47(26,38)45-17-12(6-41-48(27,39)46-18)43-24(15(17)28)37-10-35-16-20(29)31-8-34-23(16)37/h5,8-10,12-13,15,17-19,24-25H,2-4,6-7H2,1H3,(H2,29,31,34)(H,30,32,33). The zero-order valence-corrected chi connectivity index (χ0v) is 27.1.